The van der Waals surface area contributed by atoms with Gasteiger partial charge in [-0.2, -0.15) is 17.5 Å². The number of alkyl halides is 3. The van der Waals surface area contributed by atoms with Gasteiger partial charge < -0.3 is 5.11 Å². The Balaban J connectivity index is 1.98. The number of halogens is 4. The van der Waals surface area contributed by atoms with Crippen LogP contribution in [0.5, 0.6) is 0 Å². The molecule has 0 spiro atoms. The summed E-state index contributed by atoms with van der Waals surface area (Å²) in [7, 11) is -4.35. The molecule has 0 radical (unpaired) electrons. The maximum atomic E-state index is 13.4. The summed E-state index contributed by atoms with van der Waals surface area (Å²) in [5, 5.41) is 9.50. The highest BCUT2D eigenvalue weighted by atomic mass is 32.2. The highest BCUT2D eigenvalue weighted by molar-refractivity contribution is 7.89. The lowest BCUT2D eigenvalue weighted by atomic mass is 9.81. The fourth-order valence-corrected chi connectivity index (χ4v) is 5.39. The summed E-state index contributed by atoms with van der Waals surface area (Å²) in [6.07, 6.45) is -3.48. The number of hydrogen-bond acceptors (Lipinski definition) is 3. The molecule has 0 unspecified atom stereocenters. The number of aliphatic carboxylic acids is 1. The molecule has 25 heavy (non-hydrogen) atoms. The molecule has 1 saturated heterocycles. The number of carbonyl (C=O) groups is 1. The summed E-state index contributed by atoms with van der Waals surface area (Å²) in [6.45, 7) is -0.346. The first kappa shape index (κ1) is 18.1. The molecule has 1 aromatic carbocycles. The van der Waals surface area contributed by atoms with E-state index in [0.717, 1.165) is 10.4 Å². The largest absolute Gasteiger partial charge is 0.481 e. The minimum absolute atomic E-state index is 0.0621. The van der Waals surface area contributed by atoms with Gasteiger partial charge in [-0.1, -0.05) is 6.42 Å². The third-order valence-electron chi connectivity index (χ3n) is 5.15. The predicted octanol–water partition coefficient (Wildman–Crippen LogP) is 2.72. The molecule has 1 heterocycles. The van der Waals surface area contributed by atoms with Crippen LogP contribution < -0.4 is 0 Å². The monoisotopic (exact) mass is 381 g/mol. The lowest BCUT2D eigenvalue weighted by Gasteiger charge is -2.23. The first-order chi connectivity index (χ1) is 11.5. The van der Waals surface area contributed by atoms with E-state index in [-0.39, 0.29) is 25.1 Å². The van der Waals surface area contributed by atoms with E-state index >= 15 is 0 Å². The van der Waals surface area contributed by atoms with Crippen LogP contribution in [0.15, 0.2) is 23.1 Å². The van der Waals surface area contributed by atoms with Crippen LogP contribution in [-0.2, 0) is 21.0 Å². The van der Waals surface area contributed by atoms with Crippen molar-refractivity contribution in [1.82, 2.24) is 4.31 Å². The maximum absolute atomic E-state index is 13.4. The number of sulfonamides is 1. The van der Waals surface area contributed by atoms with Gasteiger partial charge in [0.2, 0.25) is 10.0 Å². The molecule has 10 heteroatoms. The Kier molecular flexibility index (Phi) is 4.11. The average molecular weight is 381 g/mol. The van der Waals surface area contributed by atoms with Gasteiger partial charge in [0.1, 0.15) is 5.82 Å². The molecule has 0 amide bonds. The third kappa shape index (κ3) is 2.80. The standard InChI is InChI=1S/C15H15F4NO4S/c16-12-4-3-10(6-11(12)15(17,18)19)25(23,24)20-7-9-2-1-5-14(9,8-20)13(21)22/h3-4,6,9H,1-2,5,7-8H2,(H,21,22)/t9-,14+/m0/s1. The fourth-order valence-electron chi connectivity index (χ4n) is 3.81. The van der Waals surface area contributed by atoms with Gasteiger partial charge in [0.05, 0.1) is 15.9 Å². The van der Waals surface area contributed by atoms with E-state index in [0.29, 0.717) is 25.3 Å². The second kappa shape index (κ2) is 5.66. The van der Waals surface area contributed by atoms with Crippen molar-refractivity contribution in [2.24, 2.45) is 11.3 Å². The smallest absolute Gasteiger partial charge is 0.419 e. The van der Waals surface area contributed by atoms with Crippen LogP contribution in [0.2, 0.25) is 0 Å². The van der Waals surface area contributed by atoms with Crippen LogP contribution in [-0.4, -0.2) is 36.9 Å². The Morgan fingerprint density at radius 3 is 2.56 bits per heavy atom. The first-order valence-electron chi connectivity index (χ1n) is 7.59. The van der Waals surface area contributed by atoms with Crippen LogP contribution in [0, 0.1) is 17.2 Å². The van der Waals surface area contributed by atoms with Crippen molar-refractivity contribution < 1.29 is 35.9 Å². The van der Waals surface area contributed by atoms with Crippen molar-refractivity contribution in [2.75, 3.05) is 13.1 Å². The number of carboxylic acid groups (broad SMARTS) is 1. The van der Waals surface area contributed by atoms with Crippen molar-refractivity contribution in [1.29, 1.82) is 0 Å². The average Bonchev–Trinajstić information content (AvgIpc) is 3.04. The molecular formula is C15H15F4NO4S. The second-order valence-corrected chi connectivity index (χ2v) is 8.43. The summed E-state index contributed by atoms with van der Waals surface area (Å²) < 4.78 is 78.1. The van der Waals surface area contributed by atoms with Crippen molar-refractivity contribution in [3.8, 4) is 0 Å². The Morgan fingerprint density at radius 2 is 2.00 bits per heavy atom. The number of rotatable bonds is 3. The summed E-state index contributed by atoms with van der Waals surface area (Å²) >= 11 is 0. The number of hydrogen-bond donors (Lipinski definition) is 1. The molecule has 0 bridgehead atoms. The van der Waals surface area contributed by atoms with E-state index < -0.39 is 43.9 Å². The fraction of sp³-hybridized carbons (Fsp3) is 0.533. The minimum atomic E-state index is -5.03. The van der Waals surface area contributed by atoms with Crippen LogP contribution in [0.25, 0.3) is 0 Å². The molecule has 1 aliphatic carbocycles. The van der Waals surface area contributed by atoms with Crippen LogP contribution >= 0.6 is 0 Å². The van der Waals surface area contributed by atoms with Crippen molar-refractivity contribution in [3.63, 3.8) is 0 Å². The van der Waals surface area contributed by atoms with Gasteiger partial charge in [-0.25, -0.2) is 12.8 Å². The summed E-state index contributed by atoms with van der Waals surface area (Å²) in [5.74, 6) is -3.03. The molecule has 5 nitrogen and oxygen atoms in total. The van der Waals surface area contributed by atoms with E-state index in [1.54, 1.807) is 0 Å². The van der Waals surface area contributed by atoms with Crippen molar-refractivity contribution in [2.45, 2.75) is 30.3 Å². The molecule has 2 atom stereocenters. The van der Waals surface area contributed by atoms with Gasteiger partial charge in [-0.15, -0.1) is 0 Å². The van der Waals surface area contributed by atoms with Crippen LogP contribution in [0.4, 0.5) is 17.6 Å². The van der Waals surface area contributed by atoms with E-state index in [1.165, 1.54) is 0 Å². The molecule has 1 aromatic rings. The zero-order chi connectivity index (χ0) is 18.6. The van der Waals surface area contributed by atoms with Crippen molar-refractivity contribution >= 4 is 16.0 Å². The van der Waals surface area contributed by atoms with Crippen molar-refractivity contribution in [3.05, 3.63) is 29.6 Å². The number of fused-ring (bicyclic) bond motifs is 1. The maximum Gasteiger partial charge on any atom is 0.419 e. The quantitative estimate of drug-likeness (QED) is 0.817. The van der Waals surface area contributed by atoms with Gasteiger partial charge in [0.15, 0.2) is 0 Å². The Morgan fingerprint density at radius 1 is 1.32 bits per heavy atom. The predicted molar refractivity (Wildman–Crippen MR) is 77.6 cm³/mol. The number of carboxylic acids is 1. The van der Waals surface area contributed by atoms with Gasteiger partial charge in [-0.3, -0.25) is 4.79 Å². The number of nitrogens with zero attached hydrogens (tertiary/aromatic N) is 1. The SMILES string of the molecule is O=C(O)[C@@]12CCC[C@H]1CN(S(=O)(=O)c1ccc(F)c(C(F)(F)F)c1)C2. The molecule has 1 aliphatic heterocycles. The molecular weight excluding hydrogens is 366 g/mol. The van der Waals surface area contributed by atoms with E-state index in [4.69, 9.17) is 0 Å². The molecule has 138 valence electrons. The molecule has 1 saturated carbocycles. The zero-order valence-electron chi connectivity index (χ0n) is 12.9. The van der Waals surface area contributed by atoms with Gasteiger partial charge in [0, 0.05) is 13.1 Å². The molecule has 1 N–H and O–H groups in total. The van der Waals surface area contributed by atoms with Crippen LogP contribution in [0.3, 0.4) is 0 Å². The third-order valence-corrected chi connectivity index (χ3v) is 6.95. The van der Waals surface area contributed by atoms with Gasteiger partial charge >= 0.3 is 12.1 Å². The van der Waals surface area contributed by atoms with Gasteiger partial charge in [-0.05, 0) is 37.0 Å². The molecule has 2 aliphatic rings. The first-order valence-corrected chi connectivity index (χ1v) is 9.03. The van der Waals surface area contributed by atoms with E-state index in [2.05, 4.69) is 0 Å². The Bertz CT molecular complexity index is 823. The molecule has 2 fully saturated rings. The summed E-state index contributed by atoms with van der Waals surface area (Å²) in [5.41, 5.74) is -2.86. The Hall–Kier alpha value is -1.68. The summed E-state index contributed by atoms with van der Waals surface area (Å²) in [4.78, 5) is 10.9. The summed E-state index contributed by atoms with van der Waals surface area (Å²) in [6, 6.07) is 1.48. The van der Waals surface area contributed by atoms with E-state index in [1.807, 2.05) is 0 Å². The minimum Gasteiger partial charge on any atom is -0.481 e. The Labute approximate surface area is 141 Å². The lowest BCUT2D eigenvalue weighted by Crippen LogP contribution is -2.37. The van der Waals surface area contributed by atoms with Crippen LogP contribution in [0.1, 0.15) is 24.8 Å². The van der Waals surface area contributed by atoms with Gasteiger partial charge in [0.25, 0.3) is 0 Å². The molecule has 0 aromatic heterocycles. The topological polar surface area (TPSA) is 74.7 Å². The normalized spacial score (nSPS) is 27.4. The zero-order valence-corrected chi connectivity index (χ0v) is 13.7. The highest BCUT2D eigenvalue weighted by Gasteiger charge is 2.57. The lowest BCUT2D eigenvalue weighted by molar-refractivity contribution is -0.149. The second-order valence-electron chi connectivity index (χ2n) is 6.49. The van der Waals surface area contributed by atoms with E-state index in [9.17, 15) is 35.9 Å². The highest BCUT2D eigenvalue weighted by Crippen LogP contribution is 2.50. The molecule has 3 rings (SSSR count). The number of benzene rings is 1.